The van der Waals surface area contributed by atoms with E-state index in [1.54, 1.807) is 18.3 Å². The summed E-state index contributed by atoms with van der Waals surface area (Å²) in [4.78, 5) is 29.6. The number of fused-ring (bicyclic) bond motifs is 1. The van der Waals surface area contributed by atoms with Gasteiger partial charge in [-0.25, -0.2) is 18.3 Å². The fourth-order valence-electron chi connectivity index (χ4n) is 4.95. The Balaban J connectivity index is 1.61. The predicted octanol–water partition coefficient (Wildman–Crippen LogP) is 2.56. The van der Waals surface area contributed by atoms with Gasteiger partial charge in [-0.3, -0.25) is 9.59 Å². The van der Waals surface area contributed by atoms with Gasteiger partial charge in [-0.05, 0) is 30.9 Å². The van der Waals surface area contributed by atoms with Crippen molar-refractivity contribution >= 4 is 17.5 Å². The number of nitrogens with two attached hydrogens (primary N) is 1. The Labute approximate surface area is 184 Å². The Morgan fingerprint density at radius 1 is 1.31 bits per heavy atom. The molecule has 174 valence electrons. The predicted molar refractivity (Wildman–Crippen MR) is 112 cm³/mol. The van der Waals surface area contributed by atoms with Gasteiger partial charge in [-0.1, -0.05) is 25.7 Å². The van der Waals surface area contributed by atoms with Crippen molar-refractivity contribution in [2.45, 2.75) is 63.3 Å². The summed E-state index contributed by atoms with van der Waals surface area (Å²) in [5.41, 5.74) is 6.08. The van der Waals surface area contributed by atoms with Crippen LogP contribution in [0.1, 0.15) is 62.4 Å². The van der Waals surface area contributed by atoms with Gasteiger partial charge in [0.1, 0.15) is 0 Å². The molecular weight excluding hydrogens is 420 g/mol. The molecule has 1 amide bonds. The Morgan fingerprint density at radius 3 is 2.72 bits per heavy atom. The molecule has 0 bridgehead atoms. The molecule has 1 saturated carbocycles. The van der Waals surface area contributed by atoms with Crippen molar-refractivity contribution in [3.8, 4) is 0 Å². The molecule has 2 atom stereocenters. The lowest BCUT2D eigenvalue weighted by Crippen LogP contribution is -2.59. The number of ether oxygens (including phenoxy) is 1. The van der Waals surface area contributed by atoms with Crippen LogP contribution < -0.4 is 11.1 Å². The summed E-state index contributed by atoms with van der Waals surface area (Å²) < 4.78 is 34.6. The Kier molecular flexibility index (Phi) is 6.15. The molecule has 0 aromatic carbocycles. The molecule has 4 rings (SSSR count). The summed E-state index contributed by atoms with van der Waals surface area (Å²) in [5, 5.41) is 6.59. The molecular formula is C22H29F2N5O3. The molecule has 8 nitrogen and oxygen atoms in total. The van der Waals surface area contributed by atoms with Gasteiger partial charge in [0.05, 0.1) is 37.3 Å². The fourth-order valence-corrected chi connectivity index (χ4v) is 4.95. The SMILES string of the molecule is COC(=O)C1(Cc2ccc3nc([C@@H](N)C4CCCCCC4)cn3n2)CC(F)(F)CNC1=O. The van der Waals surface area contributed by atoms with Crippen LogP contribution in [-0.4, -0.2) is 46.1 Å². The van der Waals surface area contributed by atoms with Crippen molar-refractivity contribution < 1.29 is 23.1 Å². The number of nitrogens with one attached hydrogen (secondary N) is 1. The number of nitrogens with zero attached hydrogens (tertiary/aromatic N) is 3. The summed E-state index contributed by atoms with van der Waals surface area (Å²) in [6, 6.07) is 3.08. The normalized spacial score (nSPS) is 25.2. The first-order valence-electron chi connectivity index (χ1n) is 11.1. The summed E-state index contributed by atoms with van der Waals surface area (Å²) >= 11 is 0. The number of rotatable bonds is 5. The first kappa shape index (κ1) is 22.6. The van der Waals surface area contributed by atoms with Crippen LogP contribution in [0.15, 0.2) is 18.3 Å². The highest BCUT2D eigenvalue weighted by atomic mass is 19.3. The van der Waals surface area contributed by atoms with E-state index in [0.717, 1.165) is 38.5 Å². The van der Waals surface area contributed by atoms with Crippen molar-refractivity contribution in [1.29, 1.82) is 0 Å². The van der Waals surface area contributed by atoms with E-state index in [0.29, 0.717) is 17.3 Å². The molecule has 1 aliphatic carbocycles. The van der Waals surface area contributed by atoms with E-state index in [1.807, 2.05) is 0 Å². The van der Waals surface area contributed by atoms with Crippen LogP contribution in [0.3, 0.4) is 0 Å². The lowest BCUT2D eigenvalue weighted by Gasteiger charge is -2.37. The maximum Gasteiger partial charge on any atom is 0.322 e. The quantitative estimate of drug-likeness (QED) is 0.412. The van der Waals surface area contributed by atoms with Crippen molar-refractivity contribution in [3.63, 3.8) is 0 Å². The number of carbonyl (C=O) groups is 2. The van der Waals surface area contributed by atoms with Gasteiger partial charge in [0.2, 0.25) is 5.91 Å². The molecule has 2 aromatic heterocycles. The highest BCUT2D eigenvalue weighted by Gasteiger charge is 2.57. The minimum Gasteiger partial charge on any atom is -0.468 e. The van der Waals surface area contributed by atoms with Crippen LogP contribution in [0.4, 0.5) is 8.78 Å². The second kappa shape index (κ2) is 8.73. The fraction of sp³-hybridized carbons (Fsp3) is 0.636. The van der Waals surface area contributed by atoms with Crippen molar-refractivity contribution in [2.75, 3.05) is 13.7 Å². The molecule has 2 aliphatic rings. The van der Waals surface area contributed by atoms with Crippen LogP contribution in [0.2, 0.25) is 0 Å². The van der Waals surface area contributed by atoms with Crippen LogP contribution in [0, 0.1) is 11.3 Å². The second-order valence-electron chi connectivity index (χ2n) is 9.04. The van der Waals surface area contributed by atoms with Gasteiger partial charge in [-0.2, -0.15) is 5.10 Å². The number of hydrogen-bond donors (Lipinski definition) is 2. The van der Waals surface area contributed by atoms with Gasteiger partial charge >= 0.3 is 5.97 Å². The molecule has 3 heterocycles. The van der Waals surface area contributed by atoms with E-state index < -0.39 is 36.2 Å². The minimum absolute atomic E-state index is 0.206. The number of imidazole rings is 1. The minimum atomic E-state index is -3.22. The largest absolute Gasteiger partial charge is 0.468 e. The third kappa shape index (κ3) is 4.32. The Hall–Kier alpha value is -2.62. The van der Waals surface area contributed by atoms with E-state index in [4.69, 9.17) is 10.5 Å². The topological polar surface area (TPSA) is 112 Å². The number of piperidine rings is 1. The number of methoxy groups -OCH3 is 1. The lowest BCUT2D eigenvalue weighted by atomic mass is 9.74. The van der Waals surface area contributed by atoms with Crippen molar-refractivity contribution in [2.24, 2.45) is 17.1 Å². The number of esters is 1. The number of hydrogen-bond acceptors (Lipinski definition) is 6. The monoisotopic (exact) mass is 449 g/mol. The molecule has 1 unspecified atom stereocenters. The number of carbonyl (C=O) groups excluding carboxylic acids is 2. The standard InChI is InChI=1S/C22H29F2N5O3/c1-32-20(31)21(12-22(23,24)13-26-19(21)30)10-15-8-9-17-27-16(11-29(17)28-15)18(25)14-6-4-2-3-5-7-14/h8-9,11,14,18H,2-7,10,12-13,25H2,1H3,(H,26,30)/t18-,21?/m0/s1. The zero-order chi connectivity index (χ0) is 22.9. The van der Waals surface area contributed by atoms with E-state index in [1.165, 1.54) is 17.4 Å². The zero-order valence-electron chi connectivity index (χ0n) is 18.2. The maximum absolute atomic E-state index is 14.2. The van der Waals surface area contributed by atoms with Crippen LogP contribution >= 0.6 is 0 Å². The summed E-state index contributed by atoms with van der Waals surface area (Å²) in [7, 11) is 1.08. The molecule has 1 saturated heterocycles. The average molecular weight is 450 g/mol. The van der Waals surface area contributed by atoms with E-state index in [2.05, 4.69) is 15.4 Å². The first-order chi connectivity index (χ1) is 15.2. The van der Waals surface area contributed by atoms with Gasteiger partial charge in [-0.15, -0.1) is 0 Å². The number of aromatic nitrogens is 3. The molecule has 2 fully saturated rings. The van der Waals surface area contributed by atoms with Crippen molar-refractivity contribution in [3.05, 3.63) is 29.7 Å². The summed E-state index contributed by atoms with van der Waals surface area (Å²) in [6.45, 7) is -0.805. The van der Waals surface area contributed by atoms with Crippen molar-refractivity contribution in [1.82, 2.24) is 19.9 Å². The van der Waals surface area contributed by atoms with Gasteiger partial charge in [0, 0.05) is 12.8 Å². The number of halogens is 2. The highest BCUT2D eigenvalue weighted by molar-refractivity contribution is 6.03. The van der Waals surface area contributed by atoms with Gasteiger partial charge < -0.3 is 15.8 Å². The number of alkyl halides is 2. The third-order valence-corrected chi connectivity index (χ3v) is 6.70. The van der Waals surface area contributed by atoms with E-state index in [9.17, 15) is 18.4 Å². The maximum atomic E-state index is 14.2. The van der Waals surface area contributed by atoms with Gasteiger partial charge in [0.15, 0.2) is 11.1 Å². The lowest BCUT2D eigenvalue weighted by molar-refractivity contribution is -0.172. The Bertz CT molecular complexity index is 993. The molecule has 0 radical (unpaired) electrons. The molecule has 0 spiro atoms. The highest BCUT2D eigenvalue weighted by Crippen LogP contribution is 2.40. The summed E-state index contributed by atoms with van der Waals surface area (Å²) in [6.07, 6.45) is 7.43. The van der Waals surface area contributed by atoms with E-state index in [-0.39, 0.29) is 12.5 Å². The first-order valence-corrected chi connectivity index (χ1v) is 11.1. The molecule has 32 heavy (non-hydrogen) atoms. The molecule has 3 N–H and O–H groups in total. The Morgan fingerprint density at radius 2 is 2.03 bits per heavy atom. The molecule has 2 aromatic rings. The van der Waals surface area contributed by atoms with Gasteiger partial charge in [0.25, 0.3) is 5.92 Å². The third-order valence-electron chi connectivity index (χ3n) is 6.70. The second-order valence-corrected chi connectivity index (χ2v) is 9.04. The molecule has 1 aliphatic heterocycles. The van der Waals surface area contributed by atoms with Crippen LogP contribution in [0.5, 0.6) is 0 Å². The van der Waals surface area contributed by atoms with Crippen LogP contribution in [-0.2, 0) is 20.7 Å². The number of amides is 1. The average Bonchev–Trinajstić information content (AvgIpc) is 2.99. The molecule has 10 heteroatoms. The van der Waals surface area contributed by atoms with Crippen LogP contribution in [0.25, 0.3) is 5.65 Å². The summed E-state index contributed by atoms with van der Waals surface area (Å²) in [5.74, 6) is -4.64. The van der Waals surface area contributed by atoms with E-state index >= 15 is 0 Å². The smallest absolute Gasteiger partial charge is 0.322 e. The zero-order valence-corrected chi connectivity index (χ0v) is 18.2.